The minimum absolute atomic E-state index is 0. The zero-order valence-corrected chi connectivity index (χ0v) is 26.5. The molecule has 4 heterocycles. The number of rotatable bonds is 5. The molecule has 1 aliphatic rings. The zero-order chi connectivity index (χ0) is 30.7. The van der Waals surface area contributed by atoms with Gasteiger partial charge in [-0.25, -0.2) is 9.67 Å². The van der Waals surface area contributed by atoms with Crippen LogP contribution >= 0.6 is 11.6 Å². The number of benzene rings is 2. The van der Waals surface area contributed by atoms with E-state index in [9.17, 15) is 9.59 Å². The molecule has 0 saturated carbocycles. The molecule has 225 valence electrons. The molecule has 1 radical (unpaired) electrons. The molecule has 44 heavy (non-hydrogen) atoms. The summed E-state index contributed by atoms with van der Waals surface area (Å²) in [4.78, 5) is 32.1. The van der Waals surface area contributed by atoms with Crippen molar-refractivity contribution in [2.24, 2.45) is 7.05 Å². The van der Waals surface area contributed by atoms with Crippen molar-refractivity contribution >= 4 is 39.8 Å². The summed E-state index contributed by atoms with van der Waals surface area (Å²) in [5.74, 6) is 1.07. The van der Waals surface area contributed by atoms with E-state index in [0.717, 1.165) is 39.7 Å². The number of aromatic nitrogens is 4. The number of pyridine rings is 2. The first-order valence-corrected chi connectivity index (χ1v) is 14.0. The van der Waals surface area contributed by atoms with E-state index in [1.807, 2.05) is 55.5 Å². The van der Waals surface area contributed by atoms with Gasteiger partial charge in [0.25, 0.3) is 5.56 Å². The molecule has 0 spiro atoms. The van der Waals surface area contributed by atoms with Gasteiger partial charge in [-0.15, -0.1) is 5.56 Å². The molecule has 11 heteroatoms. The largest absolute Gasteiger partial charge is 2.00 e. The predicted octanol–water partition coefficient (Wildman–Crippen LogP) is 6.05. The van der Waals surface area contributed by atoms with Gasteiger partial charge in [-0.05, 0) is 30.2 Å². The van der Waals surface area contributed by atoms with Crippen molar-refractivity contribution in [1.82, 2.24) is 25.1 Å². The number of nitrogens with zero attached hydrogens (tertiary/aromatic N) is 4. The van der Waals surface area contributed by atoms with Crippen LogP contribution in [0, 0.1) is 20.8 Å². The van der Waals surface area contributed by atoms with Crippen molar-refractivity contribution in [3.63, 3.8) is 0 Å². The zero-order valence-electron chi connectivity index (χ0n) is 24.5. The Labute approximate surface area is 271 Å². The maximum Gasteiger partial charge on any atom is 2.00 e. The molecule has 1 aliphatic heterocycles. The van der Waals surface area contributed by atoms with Crippen molar-refractivity contribution in [3.8, 4) is 28.3 Å². The number of halogens is 1. The molecule has 3 aromatic heterocycles. The standard InChI is InChI=1S/C28H23ClN5O2.C5H8NO.Mn/c1-16-11-12-23(33-27(16)36-4)21-9-5-8-20(25(21)29)19-7-6-10-22(17(19)2)32-26-24-18(13-14-30-26)15-31-34(3)28(24)35;1-4-2-3-5(7)6-4;/h5-15H,1H2,2-4H3,(H,30,32);4H,1-3H2,(H,6,7);/q2*-1;+2/t;4-;/m.1./s1. The normalized spacial score (nSPS) is 13.8. The average molecular weight is 650 g/mol. The summed E-state index contributed by atoms with van der Waals surface area (Å²) < 4.78 is 6.64. The van der Waals surface area contributed by atoms with Crippen LogP contribution in [0.5, 0.6) is 5.88 Å². The molecule has 1 atom stereocenters. The third-order valence-corrected chi connectivity index (χ3v) is 7.64. The molecule has 9 nitrogen and oxygen atoms in total. The summed E-state index contributed by atoms with van der Waals surface area (Å²) in [5.41, 5.74) is 5.55. The summed E-state index contributed by atoms with van der Waals surface area (Å²) in [6.45, 7) is 9.60. The van der Waals surface area contributed by atoms with Crippen LogP contribution in [0.1, 0.15) is 24.0 Å². The third-order valence-electron chi connectivity index (χ3n) is 7.23. The molecule has 0 unspecified atom stereocenters. The number of fused-ring (bicyclic) bond motifs is 1. The third kappa shape index (κ3) is 6.73. The van der Waals surface area contributed by atoms with E-state index in [1.165, 1.54) is 4.68 Å². The average Bonchev–Trinajstić information content (AvgIpc) is 3.39. The van der Waals surface area contributed by atoms with Crippen LogP contribution in [-0.2, 0) is 28.9 Å². The fourth-order valence-corrected chi connectivity index (χ4v) is 5.19. The summed E-state index contributed by atoms with van der Waals surface area (Å²) in [6, 6.07) is 17.4. The monoisotopic (exact) mass is 649 g/mol. The Bertz CT molecular complexity index is 1890. The molecular formula is C33H31ClMnN6O3. The van der Waals surface area contributed by atoms with Crippen molar-refractivity contribution in [2.45, 2.75) is 25.8 Å². The topological polar surface area (TPSA) is 111 Å². The first-order chi connectivity index (χ1) is 20.7. The molecule has 2 aromatic carbocycles. The summed E-state index contributed by atoms with van der Waals surface area (Å²) in [5, 5.41) is 11.9. The van der Waals surface area contributed by atoms with E-state index < -0.39 is 0 Å². The smallest absolute Gasteiger partial charge is 0.537 e. The van der Waals surface area contributed by atoms with Gasteiger partial charge >= 0.3 is 17.1 Å². The van der Waals surface area contributed by atoms with Crippen LogP contribution in [0.2, 0.25) is 5.02 Å². The number of carbonyl (C=O) groups is 1. The summed E-state index contributed by atoms with van der Waals surface area (Å²) in [7, 11) is 3.19. The fraction of sp³-hybridized carbons (Fsp3) is 0.182. The molecule has 0 bridgehead atoms. The maximum absolute atomic E-state index is 12.8. The van der Waals surface area contributed by atoms with Crippen LogP contribution in [0.4, 0.5) is 11.5 Å². The molecular weight excluding hydrogens is 619 g/mol. The number of ether oxygens (including phenoxy) is 1. The van der Waals surface area contributed by atoms with E-state index in [4.69, 9.17) is 16.3 Å². The minimum Gasteiger partial charge on any atom is -0.537 e. The first kappa shape index (κ1) is 32.5. The van der Waals surface area contributed by atoms with E-state index >= 15 is 0 Å². The van der Waals surface area contributed by atoms with Gasteiger partial charge in [0, 0.05) is 47.6 Å². The number of hydrogen-bond donors (Lipinski definition) is 2. The predicted molar refractivity (Wildman–Crippen MR) is 170 cm³/mol. The number of methoxy groups -OCH3 is 1. The Kier molecular flexibility index (Phi) is 10.3. The van der Waals surface area contributed by atoms with Gasteiger partial charge in [0.1, 0.15) is 11.7 Å². The number of anilines is 2. The van der Waals surface area contributed by atoms with Gasteiger partial charge in [0.05, 0.1) is 23.7 Å². The SMILES string of the molecule is [CH2-][C@@H]1CCC(=O)N1.[CH2-]c1ccc(-c2cccc(-c3cccc(Nc4nccc5cnn(C)c(=O)c45)c3C)c2Cl)nc1OC.[Mn+2]. The molecule has 1 saturated heterocycles. The second-order valence-corrected chi connectivity index (χ2v) is 10.5. The van der Waals surface area contributed by atoms with Crippen molar-refractivity contribution < 1.29 is 26.6 Å². The second-order valence-electron chi connectivity index (χ2n) is 10.1. The van der Waals surface area contributed by atoms with Crippen molar-refractivity contribution in [1.29, 1.82) is 0 Å². The molecule has 5 aromatic rings. The number of amides is 1. The molecule has 0 aliphatic carbocycles. The van der Waals surface area contributed by atoms with Crippen molar-refractivity contribution in [3.05, 3.63) is 107 Å². The first-order valence-electron chi connectivity index (χ1n) is 13.6. The number of aryl methyl sites for hydroxylation is 1. The van der Waals surface area contributed by atoms with Gasteiger partial charge in [0.2, 0.25) is 5.91 Å². The van der Waals surface area contributed by atoms with Crippen LogP contribution in [0.15, 0.2) is 71.8 Å². The van der Waals surface area contributed by atoms with Gasteiger partial charge < -0.3 is 22.3 Å². The van der Waals surface area contributed by atoms with E-state index in [2.05, 4.69) is 39.5 Å². The van der Waals surface area contributed by atoms with Crippen LogP contribution < -0.4 is 20.9 Å². The Morgan fingerprint density at radius 2 is 1.80 bits per heavy atom. The fourth-order valence-electron chi connectivity index (χ4n) is 4.87. The van der Waals surface area contributed by atoms with Crippen LogP contribution in [0.3, 0.4) is 0 Å². The van der Waals surface area contributed by atoms with Gasteiger partial charge in [0.15, 0.2) is 0 Å². The number of carbonyl (C=O) groups excluding carboxylic acids is 1. The summed E-state index contributed by atoms with van der Waals surface area (Å²) in [6.07, 6.45) is 4.87. The Balaban J connectivity index is 0.000000488. The molecule has 1 amide bonds. The molecule has 2 N–H and O–H groups in total. The number of nitrogens with one attached hydrogen (secondary N) is 2. The van der Waals surface area contributed by atoms with E-state index in [-0.39, 0.29) is 34.6 Å². The van der Waals surface area contributed by atoms with Crippen LogP contribution in [-0.4, -0.2) is 38.8 Å². The summed E-state index contributed by atoms with van der Waals surface area (Å²) >= 11 is 6.93. The Morgan fingerprint density at radius 1 is 1.07 bits per heavy atom. The van der Waals surface area contributed by atoms with E-state index in [0.29, 0.717) is 39.8 Å². The quantitative estimate of drug-likeness (QED) is 0.176. The van der Waals surface area contributed by atoms with Gasteiger partial charge in [-0.2, -0.15) is 18.1 Å². The van der Waals surface area contributed by atoms with Gasteiger partial charge in [-0.1, -0.05) is 60.5 Å². The second kappa shape index (κ2) is 13.9. The molecule has 1 fully saturated rings. The van der Waals surface area contributed by atoms with E-state index in [1.54, 1.807) is 32.6 Å². The van der Waals surface area contributed by atoms with Crippen LogP contribution in [0.25, 0.3) is 33.2 Å². The number of hydrogen-bond acceptors (Lipinski definition) is 7. The maximum atomic E-state index is 12.8. The Hall–Kier alpha value is -4.37. The Morgan fingerprint density at radius 3 is 2.48 bits per heavy atom. The van der Waals surface area contributed by atoms with Gasteiger partial charge in [-0.3, -0.25) is 14.6 Å². The van der Waals surface area contributed by atoms with Crippen molar-refractivity contribution in [2.75, 3.05) is 12.4 Å². The minimum atomic E-state index is -0.219. The molecule has 6 rings (SSSR count).